The van der Waals surface area contributed by atoms with E-state index < -0.39 is 11.7 Å². The highest BCUT2D eigenvalue weighted by Gasteiger charge is 2.30. The van der Waals surface area contributed by atoms with Crippen LogP contribution in [0.25, 0.3) is 11.0 Å². The number of aromatic nitrogens is 2. The zero-order valence-corrected chi connectivity index (χ0v) is 17.5. The Hall–Kier alpha value is -3.07. The van der Waals surface area contributed by atoms with Gasteiger partial charge in [0.25, 0.3) is 0 Å². The van der Waals surface area contributed by atoms with Gasteiger partial charge >= 0.3 is 11.9 Å². The summed E-state index contributed by atoms with van der Waals surface area (Å²) in [5.74, 6) is 0.236. The van der Waals surface area contributed by atoms with E-state index in [0.29, 0.717) is 30.6 Å². The Morgan fingerprint density at radius 2 is 1.78 bits per heavy atom. The van der Waals surface area contributed by atoms with E-state index >= 15 is 0 Å². The maximum atomic E-state index is 12.9. The molecule has 2 aromatic carbocycles. The van der Waals surface area contributed by atoms with Crippen LogP contribution in [0.3, 0.4) is 0 Å². The summed E-state index contributed by atoms with van der Waals surface area (Å²) in [7, 11) is 0. The Bertz CT molecular complexity index is 1140. The molecule has 0 saturated carbocycles. The maximum absolute atomic E-state index is 12.9. The van der Waals surface area contributed by atoms with Crippen LogP contribution in [0, 0.1) is 5.92 Å². The molecule has 0 unspecified atom stereocenters. The van der Waals surface area contributed by atoms with Gasteiger partial charge in [-0.1, -0.05) is 24.3 Å². The quantitative estimate of drug-likeness (QED) is 0.539. The number of piperidine rings is 1. The number of carbonyl (C=O) groups is 1. The van der Waals surface area contributed by atoms with Crippen molar-refractivity contribution in [3.8, 4) is 0 Å². The molecule has 32 heavy (non-hydrogen) atoms. The van der Waals surface area contributed by atoms with E-state index in [0.717, 1.165) is 43.1 Å². The second-order valence-electron chi connectivity index (χ2n) is 8.36. The SMILES string of the molecule is O=C(CC1CCN(Cc2cccc(C(F)(F)F)c2)CC1)NCc1ccc2[nH]c(=O)[nH]c2c1. The molecule has 3 aromatic rings. The van der Waals surface area contributed by atoms with Crippen molar-refractivity contribution in [3.63, 3.8) is 0 Å². The first-order valence-corrected chi connectivity index (χ1v) is 10.6. The van der Waals surface area contributed by atoms with E-state index in [-0.39, 0.29) is 17.5 Å². The molecule has 0 radical (unpaired) electrons. The molecule has 4 rings (SSSR count). The molecule has 1 amide bonds. The Balaban J connectivity index is 1.22. The Kier molecular flexibility index (Phi) is 6.36. The number of hydrogen-bond donors (Lipinski definition) is 3. The number of aromatic amines is 2. The van der Waals surface area contributed by atoms with Crippen LogP contribution in [-0.2, 0) is 24.1 Å². The third-order valence-corrected chi connectivity index (χ3v) is 5.91. The topological polar surface area (TPSA) is 81.0 Å². The molecule has 170 valence electrons. The van der Waals surface area contributed by atoms with Crippen LogP contribution < -0.4 is 11.0 Å². The first kappa shape index (κ1) is 22.1. The highest BCUT2D eigenvalue weighted by atomic mass is 19.4. The number of alkyl halides is 3. The molecule has 1 fully saturated rings. The molecule has 0 spiro atoms. The lowest BCUT2D eigenvalue weighted by Crippen LogP contribution is -2.35. The largest absolute Gasteiger partial charge is 0.416 e. The normalized spacial score (nSPS) is 15.8. The van der Waals surface area contributed by atoms with E-state index in [2.05, 4.69) is 20.2 Å². The van der Waals surface area contributed by atoms with Crippen molar-refractivity contribution >= 4 is 16.9 Å². The summed E-state index contributed by atoms with van der Waals surface area (Å²) in [6.45, 7) is 2.38. The van der Waals surface area contributed by atoms with Gasteiger partial charge in [0.2, 0.25) is 5.91 Å². The van der Waals surface area contributed by atoms with Gasteiger partial charge in [0.15, 0.2) is 0 Å². The Morgan fingerprint density at radius 3 is 2.53 bits per heavy atom. The first-order chi connectivity index (χ1) is 15.3. The van der Waals surface area contributed by atoms with Gasteiger partial charge < -0.3 is 15.3 Å². The molecule has 9 heteroatoms. The third-order valence-electron chi connectivity index (χ3n) is 5.91. The second kappa shape index (κ2) is 9.20. The summed E-state index contributed by atoms with van der Waals surface area (Å²) in [6, 6.07) is 11.0. The van der Waals surface area contributed by atoms with Crippen molar-refractivity contribution < 1.29 is 18.0 Å². The van der Waals surface area contributed by atoms with Gasteiger partial charge in [0, 0.05) is 19.5 Å². The summed E-state index contributed by atoms with van der Waals surface area (Å²) in [6.07, 6.45) is -2.23. The Morgan fingerprint density at radius 1 is 1.03 bits per heavy atom. The van der Waals surface area contributed by atoms with E-state index in [1.807, 2.05) is 12.1 Å². The highest BCUT2D eigenvalue weighted by Crippen LogP contribution is 2.30. The minimum atomic E-state index is -4.33. The lowest BCUT2D eigenvalue weighted by Gasteiger charge is -2.31. The molecule has 0 bridgehead atoms. The van der Waals surface area contributed by atoms with E-state index in [1.54, 1.807) is 12.1 Å². The zero-order valence-electron chi connectivity index (χ0n) is 17.5. The predicted octanol–water partition coefficient (Wildman–Crippen LogP) is 3.79. The van der Waals surface area contributed by atoms with Crippen molar-refractivity contribution in [2.24, 2.45) is 5.92 Å². The number of carbonyl (C=O) groups excluding carboxylic acids is 1. The maximum Gasteiger partial charge on any atom is 0.416 e. The molecule has 1 aromatic heterocycles. The fraction of sp³-hybridized carbons (Fsp3) is 0.391. The van der Waals surface area contributed by atoms with Gasteiger partial charge in [-0.3, -0.25) is 9.69 Å². The monoisotopic (exact) mass is 446 g/mol. The van der Waals surface area contributed by atoms with Gasteiger partial charge in [-0.25, -0.2) is 4.79 Å². The average Bonchev–Trinajstić information content (AvgIpc) is 3.12. The minimum absolute atomic E-state index is 0.0241. The number of likely N-dealkylation sites (tertiary alicyclic amines) is 1. The molecule has 1 saturated heterocycles. The Labute approximate surface area is 182 Å². The van der Waals surface area contributed by atoms with Crippen LogP contribution in [0.15, 0.2) is 47.3 Å². The molecule has 1 aliphatic heterocycles. The van der Waals surface area contributed by atoms with Crippen molar-refractivity contribution in [2.45, 2.75) is 38.5 Å². The van der Waals surface area contributed by atoms with Crippen molar-refractivity contribution in [1.82, 2.24) is 20.2 Å². The number of benzene rings is 2. The fourth-order valence-electron chi connectivity index (χ4n) is 4.18. The van der Waals surface area contributed by atoms with Crippen LogP contribution in [0.2, 0.25) is 0 Å². The molecule has 0 aliphatic carbocycles. The van der Waals surface area contributed by atoms with Crippen LogP contribution in [0.1, 0.15) is 36.0 Å². The number of amides is 1. The van der Waals surface area contributed by atoms with Gasteiger partial charge in [0.05, 0.1) is 16.6 Å². The summed E-state index contributed by atoms with van der Waals surface area (Å²) in [5.41, 5.74) is 2.09. The third kappa shape index (κ3) is 5.59. The number of fused-ring (bicyclic) bond motifs is 1. The average molecular weight is 446 g/mol. The number of halogens is 3. The molecule has 1 aliphatic rings. The molecule has 3 N–H and O–H groups in total. The zero-order chi connectivity index (χ0) is 22.7. The first-order valence-electron chi connectivity index (χ1n) is 10.6. The minimum Gasteiger partial charge on any atom is -0.352 e. The van der Waals surface area contributed by atoms with Gasteiger partial charge in [-0.2, -0.15) is 13.2 Å². The highest BCUT2D eigenvalue weighted by molar-refractivity contribution is 5.77. The smallest absolute Gasteiger partial charge is 0.352 e. The summed E-state index contributed by atoms with van der Waals surface area (Å²) in [5, 5.41) is 2.93. The fourth-order valence-corrected chi connectivity index (χ4v) is 4.18. The van der Waals surface area contributed by atoms with Crippen molar-refractivity contribution in [3.05, 3.63) is 69.6 Å². The number of rotatable bonds is 6. The standard InChI is InChI=1S/C23H25F3N4O2/c24-23(25,26)18-3-1-2-17(10-18)14-30-8-6-15(7-9-30)12-21(31)27-13-16-4-5-19-20(11-16)29-22(32)28-19/h1-5,10-11,15H,6-9,12-14H2,(H,27,31)(H2,28,29,32). The molecule has 0 atom stereocenters. The number of hydrogen-bond acceptors (Lipinski definition) is 3. The lowest BCUT2D eigenvalue weighted by atomic mass is 9.93. The molecule has 6 nitrogen and oxygen atoms in total. The van der Waals surface area contributed by atoms with Crippen LogP contribution in [-0.4, -0.2) is 33.9 Å². The predicted molar refractivity (Wildman–Crippen MR) is 115 cm³/mol. The van der Waals surface area contributed by atoms with E-state index in [1.165, 1.54) is 12.1 Å². The number of nitrogens with one attached hydrogen (secondary N) is 3. The molecular formula is C23H25F3N4O2. The number of nitrogens with zero attached hydrogens (tertiary/aromatic N) is 1. The number of imidazole rings is 1. The second-order valence-corrected chi connectivity index (χ2v) is 8.36. The van der Waals surface area contributed by atoms with Crippen LogP contribution in [0.4, 0.5) is 13.2 Å². The van der Waals surface area contributed by atoms with Gasteiger partial charge in [-0.15, -0.1) is 0 Å². The summed E-state index contributed by atoms with van der Waals surface area (Å²) >= 11 is 0. The number of H-pyrrole nitrogens is 2. The summed E-state index contributed by atoms with van der Waals surface area (Å²) in [4.78, 5) is 31.2. The van der Waals surface area contributed by atoms with Crippen LogP contribution in [0.5, 0.6) is 0 Å². The van der Waals surface area contributed by atoms with Gasteiger partial charge in [0.1, 0.15) is 0 Å². The molecular weight excluding hydrogens is 421 g/mol. The summed E-state index contributed by atoms with van der Waals surface area (Å²) < 4.78 is 38.7. The van der Waals surface area contributed by atoms with Gasteiger partial charge in [-0.05, 0) is 61.2 Å². The molecule has 2 heterocycles. The lowest BCUT2D eigenvalue weighted by molar-refractivity contribution is -0.137. The van der Waals surface area contributed by atoms with Crippen molar-refractivity contribution in [2.75, 3.05) is 13.1 Å². The van der Waals surface area contributed by atoms with Crippen LogP contribution >= 0.6 is 0 Å². The van der Waals surface area contributed by atoms with E-state index in [9.17, 15) is 22.8 Å². The van der Waals surface area contributed by atoms with Crippen molar-refractivity contribution in [1.29, 1.82) is 0 Å². The van der Waals surface area contributed by atoms with E-state index in [4.69, 9.17) is 0 Å².